The number of hydrogen-bond donors (Lipinski definition) is 2. The van der Waals surface area contributed by atoms with Crippen LogP contribution in [0.5, 0.6) is 0 Å². The van der Waals surface area contributed by atoms with Gasteiger partial charge in [0.15, 0.2) is 6.61 Å². The maximum atomic E-state index is 12.1. The summed E-state index contributed by atoms with van der Waals surface area (Å²) in [7, 11) is 0. The van der Waals surface area contributed by atoms with E-state index in [9.17, 15) is 14.4 Å². The average Bonchev–Trinajstić information content (AvgIpc) is 2.73. The minimum absolute atomic E-state index is 0.115. The van der Waals surface area contributed by atoms with E-state index < -0.39 is 18.5 Å². The van der Waals surface area contributed by atoms with E-state index in [0.29, 0.717) is 11.2 Å². The number of para-hydroxylation sites is 1. The molecule has 0 aliphatic rings. The van der Waals surface area contributed by atoms with E-state index in [-0.39, 0.29) is 18.1 Å². The predicted molar refractivity (Wildman–Crippen MR) is 110 cm³/mol. The molecule has 0 spiro atoms. The summed E-state index contributed by atoms with van der Waals surface area (Å²) in [4.78, 5) is 40.2. The Hall–Kier alpha value is -3.74. The highest BCUT2D eigenvalue weighted by Crippen LogP contribution is 2.17. The molecule has 2 N–H and O–H groups in total. The monoisotopic (exact) mass is 391 g/mol. The molecule has 1 heterocycles. The number of anilines is 1. The van der Waals surface area contributed by atoms with Gasteiger partial charge in [-0.3, -0.25) is 9.59 Å². The molecule has 0 bridgehead atoms. The Morgan fingerprint density at radius 2 is 1.72 bits per heavy atom. The van der Waals surface area contributed by atoms with Crippen LogP contribution in [0.3, 0.4) is 0 Å². The molecule has 7 heteroatoms. The molecule has 0 unspecified atom stereocenters. The number of carbonyl (C=O) groups excluding carboxylic acids is 3. The first kappa shape index (κ1) is 20.0. The lowest BCUT2D eigenvalue weighted by Gasteiger charge is -2.11. The summed E-state index contributed by atoms with van der Waals surface area (Å²) in [6.07, 6.45) is 0. The summed E-state index contributed by atoms with van der Waals surface area (Å²) in [6, 6.07) is 16.3. The molecule has 0 saturated carbocycles. The number of ether oxygens (including phenoxy) is 1. The maximum absolute atomic E-state index is 12.1. The van der Waals surface area contributed by atoms with Gasteiger partial charge in [0.05, 0.1) is 12.1 Å². The number of carbonyl (C=O) groups is 3. The lowest BCUT2D eigenvalue weighted by molar-refractivity contribution is -0.126. The van der Waals surface area contributed by atoms with E-state index >= 15 is 0 Å². The summed E-state index contributed by atoms with van der Waals surface area (Å²) >= 11 is 0. The largest absolute Gasteiger partial charge is 0.451 e. The maximum Gasteiger partial charge on any atom is 0.357 e. The molecule has 0 aliphatic heterocycles. The third-order valence-corrected chi connectivity index (χ3v) is 4.47. The van der Waals surface area contributed by atoms with E-state index in [1.54, 1.807) is 24.3 Å². The van der Waals surface area contributed by atoms with E-state index in [4.69, 9.17) is 4.74 Å². The summed E-state index contributed by atoms with van der Waals surface area (Å²) < 4.78 is 4.98. The van der Waals surface area contributed by atoms with E-state index in [1.807, 2.05) is 44.2 Å². The molecule has 29 heavy (non-hydrogen) atoms. The Labute approximate surface area is 168 Å². The van der Waals surface area contributed by atoms with Crippen LogP contribution in [0.15, 0.2) is 54.6 Å². The van der Waals surface area contributed by atoms with E-state index in [2.05, 4.69) is 15.6 Å². The molecule has 3 rings (SSSR count). The zero-order chi connectivity index (χ0) is 20.8. The van der Waals surface area contributed by atoms with Crippen molar-refractivity contribution in [1.82, 2.24) is 10.3 Å². The standard InChI is InChI=1S/C22H21N3O4/c1-14-6-5-9-17(15(14)2)25-20(26)12-23-21(27)13-29-22(28)19-11-10-16-7-3-4-8-18(16)24-19/h3-11H,12-13H2,1-2H3,(H,23,27)(H,25,26). The molecule has 2 amide bonds. The number of nitrogens with zero attached hydrogens (tertiary/aromatic N) is 1. The molecule has 2 aromatic carbocycles. The van der Waals surface area contributed by atoms with Crippen molar-refractivity contribution in [1.29, 1.82) is 0 Å². The average molecular weight is 391 g/mol. The zero-order valence-electron chi connectivity index (χ0n) is 16.2. The van der Waals surface area contributed by atoms with Crippen molar-refractivity contribution in [2.75, 3.05) is 18.5 Å². The topological polar surface area (TPSA) is 97.4 Å². The molecule has 3 aromatic rings. The Bertz CT molecular complexity index is 1080. The summed E-state index contributed by atoms with van der Waals surface area (Å²) in [6.45, 7) is 3.14. The minimum atomic E-state index is -0.703. The molecule has 7 nitrogen and oxygen atoms in total. The highest BCUT2D eigenvalue weighted by atomic mass is 16.5. The molecule has 0 atom stereocenters. The fraction of sp³-hybridized carbons (Fsp3) is 0.182. The van der Waals surface area contributed by atoms with Gasteiger partial charge in [-0.15, -0.1) is 0 Å². The van der Waals surface area contributed by atoms with Gasteiger partial charge in [0.25, 0.3) is 5.91 Å². The van der Waals surface area contributed by atoms with Crippen LogP contribution >= 0.6 is 0 Å². The SMILES string of the molecule is Cc1cccc(NC(=O)CNC(=O)COC(=O)c2ccc3ccccc3n2)c1C. The Morgan fingerprint density at radius 1 is 0.931 bits per heavy atom. The molecule has 1 aromatic heterocycles. The summed E-state index contributed by atoms with van der Waals surface area (Å²) in [5.74, 6) is -1.64. The van der Waals surface area contributed by atoms with Gasteiger partial charge in [0.2, 0.25) is 5.91 Å². The first-order chi connectivity index (χ1) is 13.9. The number of hydrogen-bond acceptors (Lipinski definition) is 5. The van der Waals surface area contributed by atoms with Crippen molar-refractivity contribution in [2.24, 2.45) is 0 Å². The fourth-order valence-corrected chi connectivity index (χ4v) is 2.70. The van der Waals surface area contributed by atoms with Crippen molar-refractivity contribution >= 4 is 34.4 Å². The number of aryl methyl sites for hydroxylation is 1. The zero-order valence-corrected chi connectivity index (χ0v) is 16.2. The van der Waals surface area contributed by atoms with Gasteiger partial charge in [-0.05, 0) is 43.2 Å². The van der Waals surface area contributed by atoms with Crippen molar-refractivity contribution < 1.29 is 19.1 Å². The third kappa shape index (κ3) is 5.16. The van der Waals surface area contributed by atoms with Crippen molar-refractivity contribution in [3.63, 3.8) is 0 Å². The number of pyridine rings is 1. The van der Waals surface area contributed by atoms with Crippen molar-refractivity contribution in [3.8, 4) is 0 Å². The number of amides is 2. The molecule has 0 aliphatic carbocycles. The van der Waals surface area contributed by atoms with Crippen LogP contribution in [0.1, 0.15) is 21.6 Å². The van der Waals surface area contributed by atoms with Gasteiger partial charge in [-0.2, -0.15) is 0 Å². The fourth-order valence-electron chi connectivity index (χ4n) is 2.70. The smallest absolute Gasteiger partial charge is 0.357 e. The van der Waals surface area contributed by atoms with Gasteiger partial charge >= 0.3 is 5.97 Å². The highest BCUT2D eigenvalue weighted by molar-refractivity contribution is 5.96. The molecule has 0 radical (unpaired) electrons. The molecule has 148 valence electrons. The number of esters is 1. The number of rotatable bonds is 6. The van der Waals surface area contributed by atoms with Crippen molar-refractivity contribution in [2.45, 2.75) is 13.8 Å². The molecular formula is C22H21N3O4. The number of benzene rings is 2. The lowest BCUT2D eigenvalue weighted by Crippen LogP contribution is -2.35. The van der Waals surface area contributed by atoms with Gasteiger partial charge in [0, 0.05) is 11.1 Å². The van der Waals surface area contributed by atoms with Crippen LogP contribution in [-0.4, -0.2) is 35.9 Å². The molecular weight excluding hydrogens is 370 g/mol. The molecule has 0 fully saturated rings. The quantitative estimate of drug-likeness (QED) is 0.630. The van der Waals surface area contributed by atoms with Gasteiger partial charge in [0.1, 0.15) is 5.69 Å². The lowest BCUT2D eigenvalue weighted by atomic mass is 10.1. The first-order valence-electron chi connectivity index (χ1n) is 9.10. The van der Waals surface area contributed by atoms with Gasteiger partial charge in [-0.1, -0.05) is 36.4 Å². The highest BCUT2D eigenvalue weighted by Gasteiger charge is 2.13. The normalized spacial score (nSPS) is 10.4. The van der Waals surface area contributed by atoms with E-state index in [0.717, 1.165) is 16.5 Å². The van der Waals surface area contributed by atoms with Crippen LogP contribution in [-0.2, 0) is 14.3 Å². The van der Waals surface area contributed by atoms with Crippen LogP contribution in [0.2, 0.25) is 0 Å². The molecule has 0 saturated heterocycles. The Kier molecular flexibility index (Phi) is 6.19. The second-order valence-corrected chi connectivity index (χ2v) is 6.54. The number of fused-ring (bicyclic) bond motifs is 1. The van der Waals surface area contributed by atoms with Crippen LogP contribution < -0.4 is 10.6 Å². The van der Waals surface area contributed by atoms with Gasteiger partial charge < -0.3 is 15.4 Å². The summed E-state index contributed by atoms with van der Waals surface area (Å²) in [5, 5.41) is 6.07. The van der Waals surface area contributed by atoms with Crippen LogP contribution in [0, 0.1) is 13.8 Å². The Morgan fingerprint density at radius 3 is 2.55 bits per heavy atom. The second kappa shape index (κ2) is 8.97. The summed E-state index contributed by atoms with van der Waals surface area (Å²) in [5.41, 5.74) is 3.49. The van der Waals surface area contributed by atoms with Crippen molar-refractivity contribution in [3.05, 3.63) is 71.4 Å². The van der Waals surface area contributed by atoms with E-state index in [1.165, 1.54) is 0 Å². The minimum Gasteiger partial charge on any atom is -0.451 e. The van der Waals surface area contributed by atoms with Gasteiger partial charge in [-0.25, -0.2) is 9.78 Å². The number of nitrogens with one attached hydrogen (secondary N) is 2. The number of aromatic nitrogens is 1. The van der Waals surface area contributed by atoms with Crippen LogP contribution in [0.4, 0.5) is 5.69 Å². The first-order valence-corrected chi connectivity index (χ1v) is 9.10. The Balaban J connectivity index is 1.47. The van der Waals surface area contributed by atoms with Crippen LogP contribution in [0.25, 0.3) is 10.9 Å². The predicted octanol–water partition coefficient (Wildman–Crippen LogP) is 2.76. The second-order valence-electron chi connectivity index (χ2n) is 6.54. The third-order valence-electron chi connectivity index (χ3n) is 4.47.